The second-order valence-electron chi connectivity index (χ2n) is 9.88. The Morgan fingerprint density at radius 3 is 2.45 bits per heavy atom. The van der Waals surface area contributed by atoms with Crippen LogP contribution in [0, 0.1) is 6.92 Å². The molecule has 230 valence electrons. The van der Waals surface area contributed by atoms with Crippen molar-refractivity contribution >= 4 is 23.0 Å². The number of fused-ring (bicyclic) bond motifs is 1. The first-order chi connectivity index (χ1) is 19.8. The van der Waals surface area contributed by atoms with Crippen LogP contribution in [0.25, 0.3) is 16.8 Å². The van der Waals surface area contributed by atoms with Gasteiger partial charge in [0.1, 0.15) is 11.2 Å². The molecule has 5 rings (SSSR count). The van der Waals surface area contributed by atoms with Gasteiger partial charge in [0.05, 0.1) is 43.2 Å². The van der Waals surface area contributed by atoms with Crippen LogP contribution in [0.1, 0.15) is 25.5 Å². The molecule has 5 N–H and O–H groups in total. The van der Waals surface area contributed by atoms with Crippen molar-refractivity contribution in [2.24, 2.45) is 10.2 Å². The average molecular weight is 600 g/mol. The molecule has 1 atom stereocenters. The molecule has 1 unspecified atom stereocenters. The third-order valence-electron chi connectivity index (χ3n) is 6.72. The highest BCUT2D eigenvalue weighted by Crippen LogP contribution is 2.34. The zero-order valence-corrected chi connectivity index (χ0v) is 23.2. The fourth-order valence-corrected chi connectivity index (χ4v) is 4.50. The molecule has 17 heteroatoms. The van der Waals surface area contributed by atoms with Crippen LogP contribution in [0.5, 0.6) is 0 Å². The lowest BCUT2D eigenvalue weighted by Gasteiger charge is -2.44. The number of hydrogen-bond acceptors (Lipinski definition) is 12. The quantitative estimate of drug-likeness (QED) is 0.148. The molecule has 0 bridgehead atoms. The highest BCUT2D eigenvalue weighted by atomic mass is 19.3. The predicted molar refractivity (Wildman–Crippen MR) is 144 cm³/mol. The summed E-state index contributed by atoms with van der Waals surface area (Å²) in [6.07, 6.45) is -3.79. The molecular formula is C25H33F4N9O4. The summed E-state index contributed by atoms with van der Waals surface area (Å²) in [4.78, 5) is 10.4. The van der Waals surface area contributed by atoms with E-state index in [9.17, 15) is 32.9 Å². The molecule has 0 saturated carbocycles. The van der Waals surface area contributed by atoms with E-state index in [1.54, 1.807) is 43.3 Å². The minimum absolute atomic E-state index is 0.00309. The van der Waals surface area contributed by atoms with Gasteiger partial charge in [0.15, 0.2) is 5.82 Å². The lowest BCUT2D eigenvalue weighted by atomic mass is 9.98. The Balaban J connectivity index is 0.000000748. The summed E-state index contributed by atoms with van der Waals surface area (Å²) >= 11 is 0. The molecule has 2 fully saturated rings. The van der Waals surface area contributed by atoms with Crippen LogP contribution in [0.4, 0.5) is 35.0 Å². The monoisotopic (exact) mass is 599 g/mol. The predicted octanol–water partition coefficient (Wildman–Crippen LogP) is 3.00. The van der Waals surface area contributed by atoms with Crippen molar-refractivity contribution in [3.63, 3.8) is 0 Å². The lowest BCUT2D eigenvalue weighted by molar-refractivity contribution is -0.289. The second-order valence-corrected chi connectivity index (χ2v) is 9.88. The highest BCUT2D eigenvalue weighted by Gasteiger charge is 2.47. The van der Waals surface area contributed by atoms with Crippen molar-refractivity contribution in [1.82, 2.24) is 24.5 Å². The van der Waals surface area contributed by atoms with Gasteiger partial charge in [-0.2, -0.15) is 15.2 Å². The van der Waals surface area contributed by atoms with Gasteiger partial charge < -0.3 is 25.4 Å². The number of likely N-dealkylation sites (tertiary alicyclic amines) is 1. The number of aromatic nitrogens is 4. The largest absolute Gasteiger partial charge is 0.378 e. The normalized spacial score (nSPS) is 19.5. The minimum atomic E-state index is -3.33. The molecular weight excluding hydrogens is 566 g/mol. The Labute approximate surface area is 238 Å². The number of rotatable bonds is 8. The first-order valence-corrected chi connectivity index (χ1v) is 13.2. The van der Waals surface area contributed by atoms with E-state index in [0.717, 1.165) is 0 Å². The number of alkyl halides is 4. The molecule has 42 heavy (non-hydrogen) atoms. The van der Waals surface area contributed by atoms with Crippen molar-refractivity contribution in [1.29, 1.82) is 0 Å². The van der Waals surface area contributed by atoms with Crippen LogP contribution >= 0.6 is 0 Å². The van der Waals surface area contributed by atoms with Crippen molar-refractivity contribution in [2.75, 3.05) is 44.0 Å². The Morgan fingerprint density at radius 2 is 1.90 bits per heavy atom. The number of aryl methyl sites for hydroxylation is 1. The highest BCUT2D eigenvalue weighted by molar-refractivity contribution is 5.88. The van der Waals surface area contributed by atoms with Gasteiger partial charge in [-0.05, 0) is 31.5 Å². The third kappa shape index (κ3) is 7.46. The molecule has 3 aromatic rings. The van der Waals surface area contributed by atoms with Gasteiger partial charge in [-0.25, -0.2) is 22.1 Å². The van der Waals surface area contributed by atoms with Crippen LogP contribution in [0.3, 0.4) is 0 Å². The molecule has 2 saturated heterocycles. The molecule has 3 aromatic heterocycles. The first-order valence-electron chi connectivity index (χ1n) is 13.2. The van der Waals surface area contributed by atoms with Crippen molar-refractivity contribution in [3.8, 4) is 11.3 Å². The number of pyridine rings is 1. The smallest absolute Gasteiger partial charge is 0.368 e. The van der Waals surface area contributed by atoms with E-state index in [2.05, 4.69) is 35.9 Å². The van der Waals surface area contributed by atoms with E-state index in [0.29, 0.717) is 42.4 Å². The number of aliphatic hydroxyl groups is 3. The van der Waals surface area contributed by atoms with E-state index in [1.807, 2.05) is 0 Å². The molecule has 13 nitrogen and oxygen atoms in total. The minimum Gasteiger partial charge on any atom is -0.378 e. The maximum atomic E-state index is 15.0. The number of ether oxygens (including phenoxy) is 1. The van der Waals surface area contributed by atoms with E-state index >= 15 is 0 Å². The fourth-order valence-electron chi connectivity index (χ4n) is 4.50. The summed E-state index contributed by atoms with van der Waals surface area (Å²) in [5, 5.41) is 45.7. The second kappa shape index (κ2) is 12.8. The van der Waals surface area contributed by atoms with Gasteiger partial charge in [-0.15, -0.1) is 5.10 Å². The van der Waals surface area contributed by atoms with E-state index < -0.39 is 31.0 Å². The van der Waals surface area contributed by atoms with E-state index in [1.165, 1.54) is 11.4 Å². The standard InChI is InChI=1S/C22H27F2N9O4.C3H6F2/c1-12-15(30-25-2)3-4-16(26-12)14-5-8-33-18(14)19(29-22(34,35)36)28-20(31-33)27-17-6-7-32(11-21(17,23)24)13-9-37-10-13;1-2-3(4)5/h3-5,8,13,17,34-36H,6-7,9-11H2,1-2H3,(H2,27,28,29,31);3H,2H2,1H3. The van der Waals surface area contributed by atoms with Gasteiger partial charge in [-0.1, -0.05) is 6.92 Å². The summed E-state index contributed by atoms with van der Waals surface area (Å²) in [5.74, 6) is -3.47. The third-order valence-corrected chi connectivity index (χ3v) is 6.72. The Bertz CT molecular complexity index is 1400. The van der Waals surface area contributed by atoms with Gasteiger partial charge in [0, 0.05) is 31.8 Å². The van der Waals surface area contributed by atoms with Crippen LogP contribution in [0.2, 0.25) is 0 Å². The summed E-state index contributed by atoms with van der Waals surface area (Å²) in [6.45, 7) is 4.13. The Kier molecular flexibility index (Phi) is 9.56. The Morgan fingerprint density at radius 1 is 1.19 bits per heavy atom. The molecule has 2 aliphatic heterocycles. The number of azo groups is 1. The summed E-state index contributed by atoms with van der Waals surface area (Å²) < 4.78 is 58.0. The molecule has 0 amide bonds. The van der Waals surface area contributed by atoms with E-state index in [-0.39, 0.29) is 36.2 Å². The first kappa shape index (κ1) is 31.4. The maximum Gasteiger partial charge on any atom is 0.368 e. The summed E-state index contributed by atoms with van der Waals surface area (Å²) in [7, 11) is 1.54. The molecule has 2 aliphatic rings. The fraction of sp³-hybridized carbons (Fsp3) is 0.560. The van der Waals surface area contributed by atoms with Crippen LogP contribution in [-0.4, -0.2) is 104 Å². The van der Waals surface area contributed by atoms with Crippen LogP contribution < -0.4 is 10.6 Å². The van der Waals surface area contributed by atoms with E-state index in [4.69, 9.17) is 4.74 Å². The van der Waals surface area contributed by atoms with Crippen molar-refractivity contribution in [3.05, 3.63) is 30.1 Å². The maximum absolute atomic E-state index is 15.0. The molecule has 0 aliphatic carbocycles. The SMILES string of the molecule is CCC(F)F.CN=Nc1ccc(-c2ccn3nc(NC4CCN(C5COC5)CC4(F)F)nc(NC(O)(O)O)c23)nc1C. The lowest BCUT2D eigenvalue weighted by Crippen LogP contribution is -2.61. The van der Waals surface area contributed by atoms with Gasteiger partial charge in [0.25, 0.3) is 5.92 Å². The number of anilines is 2. The van der Waals surface area contributed by atoms with Gasteiger partial charge in [-0.3, -0.25) is 15.2 Å². The van der Waals surface area contributed by atoms with Crippen molar-refractivity contribution in [2.45, 2.75) is 57.2 Å². The van der Waals surface area contributed by atoms with Gasteiger partial charge >= 0.3 is 6.10 Å². The average Bonchev–Trinajstić information content (AvgIpc) is 3.29. The summed E-state index contributed by atoms with van der Waals surface area (Å²) in [5.41, 5.74) is 2.38. The number of hydrogen-bond donors (Lipinski definition) is 5. The van der Waals surface area contributed by atoms with Crippen LogP contribution in [0.15, 0.2) is 34.6 Å². The molecule has 0 radical (unpaired) electrons. The molecule has 0 spiro atoms. The zero-order chi connectivity index (χ0) is 30.7. The number of piperidine rings is 1. The topological polar surface area (TPSA) is 165 Å². The van der Waals surface area contributed by atoms with Crippen LogP contribution in [-0.2, 0) is 4.74 Å². The number of nitrogens with zero attached hydrogens (tertiary/aromatic N) is 7. The number of halogens is 4. The molecule has 0 aromatic carbocycles. The molecule has 5 heterocycles. The van der Waals surface area contributed by atoms with Gasteiger partial charge in [0.2, 0.25) is 12.4 Å². The number of nitrogens with one attached hydrogen (secondary N) is 2. The zero-order valence-electron chi connectivity index (χ0n) is 23.2. The summed E-state index contributed by atoms with van der Waals surface area (Å²) in [6, 6.07) is 3.81. The Hall–Kier alpha value is -3.51. The van der Waals surface area contributed by atoms with Crippen molar-refractivity contribution < 1.29 is 37.6 Å².